The maximum atomic E-state index is 4.70. The van der Waals surface area contributed by atoms with E-state index in [1.54, 1.807) is 11.3 Å². The van der Waals surface area contributed by atoms with Crippen LogP contribution in [0.1, 0.15) is 31.2 Å². The minimum absolute atomic E-state index is 0.645. The number of rotatable bonds is 7. The van der Waals surface area contributed by atoms with Crippen LogP contribution < -0.4 is 10.6 Å². The minimum Gasteiger partial charge on any atom is -0.356 e. The molecule has 136 valence electrons. The largest absolute Gasteiger partial charge is 0.356 e. The highest BCUT2D eigenvalue weighted by molar-refractivity contribution is 7.18. The number of fused-ring (bicyclic) bond motifs is 1. The highest BCUT2D eigenvalue weighted by atomic mass is 32.1. The van der Waals surface area contributed by atoms with Crippen LogP contribution >= 0.6 is 11.3 Å². The monoisotopic (exact) mass is 359 g/mol. The molecule has 1 aliphatic heterocycles. The molecule has 0 radical (unpaired) electrons. The first-order chi connectivity index (χ1) is 12.3. The summed E-state index contributed by atoms with van der Waals surface area (Å²) in [7, 11) is 1.84. The number of guanidine groups is 1. The van der Waals surface area contributed by atoms with Crippen LogP contribution in [-0.4, -0.2) is 55.1 Å². The summed E-state index contributed by atoms with van der Waals surface area (Å²) in [5.74, 6) is 0.909. The van der Waals surface area contributed by atoms with E-state index in [4.69, 9.17) is 4.98 Å². The maximum absolute atomic E-state index is 4.70. The van der Waals surface area contributed by atoms with Crippen molar-refractivity contribution in [3.8, 4) is 0 Å². The van der Waals surface area contributed by atoms with Crippen molar-refractivity contribution in [2.24, 2.45) is 4.99 Å². The minimum atomic E-state index is 0.645. The van der Waals surface area contributed by atoms with Gasteiger partial charge in [0.15, 0.2) is 5.96 Å². The summed E-state index contributed by atoms with van der Waals surface area (Å²) in [6, 6.07) is 9.00. The quantitative estimate of drug-likeness (QED) is 0.453. The molecule has 1 atom stereocenters. The molecule has 0 amide bonds. The van der Waals surface area contributed by atoms with Crippen molar-refractivity contribution in [3.63, 3.8) is 0 Å². The van der Waals surface area contributed by atoms with Crippen LogP contribution in [0, 0.1) is 0 Å². The standard InChI is InChI=1S/C19H29N5S/c1-3-24-13-7-8-15(24)14-22-19(20-2)21-12-6-11-18-23-16-9-4-5-10-17(16)25-18/h4-5,9-10,15H,3,6-8,11-14H2,1-2H3,(H2,20,21,22). The molecule has 0 spiro atoms. The van der Waals surface area contributed by atoms with E-state index in [0.717, 1.165) is 44.0 Å². The average molecular weight is 360 g/mol. The Balaban J connectivity index is 1.38. The lowest BCUT2D eigenvalue weighted by atomic mass is 10.2. The number of benzene rings is 1. The molecule has 0 aliphatic carbocycles. The predicted molar refractivity (Wildman–Crippen MR) is 108 cm³/mol. The molecule has 6 heteroatoms. The summed E-state index contributed by atoms with van der Waals surface area (Å²) in [4.78, 5) is 11.6. The van der Waals surface area contributed by atoms with E-state index in [9.17, 15) is 0 Å². The molecule has 5 nitrogen and oxygen atoms in total. The van der Waals surface area contributed by atoms with Gasteiger partial charge in [0.25, 0.3) is 0 Å². The highest BCUT2D eigenvalue weighted by Crippen LogP contribution is 2.22. The van der Waals surface area contributed by atoms with Crippen molar-refractivity contribution in [1.29, 1.82) is 0 Å². The van der Waals surface area contributed by atoms with Gasteiger partial charge in [-0.05, 0) is 44.5 Å². The van der Waals surface area contributed by atoms with Crippen LogP contribution in [0.5, 0.6) is 0 Å². The number of likely N-dealkylation sites (N-methyl/N-ethyl adjacent to an activating group) is 1. The number of thiazole rings is 1. The first-order valence-electron chi connectivity index (χ1n) is 9.33. The molecule has 1 fully saturated rings. The molecule has 0 bridgehead atoms. The Morgan fingerprint density at radius 2 is 2.24 bits per heavy atom. The van der Waals surface area contributed by atoms with Gasteiger partial charge in [-0.2, -0.15) is 0 Å². The van der Waals surface area contributed by atoms with Gasteiger partial charge in [-0.25, -0.2) is 4.98 Å². The van der Waals surface area contributed by atoms with Crippen molar-refractivity contribution < 1.29 is 0 Å². The smallest absolute Gasteiger partial charge is 0.191 e. The first kappa shape index (κ1) is 18.1. The first-order valence-corrected chi connectivity index (χ1v) is 10.1. The van der Waals surface area contributed by atoms with E-state index in [-0.39, 0.29) is 0 Å². The number of likely N-dealkylation sites (tertiary alicyclic amines) is 1. The second kappa shape index (κ2) is 9.15. The van der Waals surface area contributed by atoms with Crippen LogP contribution in [0.3, 0.4) is 0 Å². The van der Waals surface area contributed by atoms with Crippen molar-refractivity contribution in [1.82, 2.24) is 20.5 Å². The van der Waals surface area contributed by atoms with Crippen molar-refractivity contribution in [2.75, 3.05) is 33.2 Å². The van der Waals surface area contributed by atoms with Gasteiger partial charge < -0.3 is 10.6 Å². The maximum Gasteiger partial charge on any atom is 0.191 e. The summed E-state index contributed by atoms with van der Waals surface area (Å²) >= 11 is 1.80. The summed E-state index contributed by atoms with van der Waals surface area (Å²) in [5, 5.41) is 8.13. The van der Waals surface area contributed by atoms with E-state index < -0.39 is 0 Å². The third-order valence-corrected chi connectivity index (χ3v) is 5.93. The fourth-order valence-corrected chi connectivity index (χ4v) is 4.46. The second-order valence-corrected chi connectivity index (χ2v) is 7.60. The topological polar surface area (TPSA) is 52.5 Å². The molecule has 1 aromatic carbocycles. The molecule has 2 aromatic rings. The lowest BCUT2D eigenvalue weighted by Gasteiger charge is -2.23. The molecule has 2 heterocycles. The van der Waals surface area contributed by atoms with Crippen molar-refractivity contribution >= 4 is 27.5 Å². The summed E-state index contributed by atoms with van der Waals surface area (Å²) in [5.41, 5.74) is 1.12. The van der Waals surface area contributed by atoms with Gasteiger partial charge >= 0.3 is 0 Å². The Morgan fingerprint density at radius 1 is 1.36 bits per heavy atom. The number of aliphatic imine (C=N–C) groups is 1. The van der Waals surface area contributed by atoms with Crippen LogP contribution in [-0.2, 0) is 6.42 Å². The lowest BCUT2D eigenvalue weighted by Crippen LogP contribution is -2.45. The fraction of sp³-hybridized carbons (Fsp3) is 0.579. The van der Waals surface area contributed by atoms with Crippen LogP contribution in [0.2, 0.25) is 0 Å². The molecule has 1 aromatic heterocycles. The Morgan fingerprint density at radius 3 is 3.04 bits per heavy atom. The number of aromatic nitrogens is 1. The van der Waals surface area contributed by atoms with Gasteiger partial charge in [0.05, 0.1) is 15.2 Å². The Kier molecular flexibility index (Phi) is 6.64. The van der Waals surface area contributed by atoms with Gasteiger partial charge in [0.2, 0.25) is 0 Å². The lowest BCUT2D eigenvalue weighted by molar-refractivity contribution is 0.267. The number of aryl methyl sites for hydroxylation is 1. The Labute approximate surface area is 154 Å². The zero-order chi connectivity index (χ0) is 17.5. The predicted octanol–water partition coefficient (Wildman–Crippen LogP) is 2.88. The van der Waals surface area contributed by atoms with E-state index >= 15 is 0 Å². The van der Waals surface area contributed by atoms with Gasteiger partial charge in [0.1, 0.15) is 0 Å². The Hall–Kier alpha value is -1.66. The van der Waals surface area contributed by atoms with Gasteiger partial charge in [-0.3, -0.25) is 9.89 Å². The van der Waals surface area contributed by atoms with Gasteiger partial charge in [0, 0.05) is 32.6 Å². The van der Waals surface area contributed by atoms with E-state index in [0.29, 0.717) is 6.04 Å². The van der Waals surface area contributed by atoms with Crippen LogP contribution in [0.15, 0.2) is 29.3 Å². The zero-order valence-corrected chi connectivity index (χ0v) is 16.1. The molecule has 25 heavy (non-hydrogen) atoms. The summed E-state index contributed by atoms with van der Waals surface area (Å²) in [6.07, 6.45) is 4.67. The number of hydrogen-bond donors (Lipinski definition) is 2. The molecule has 2 N–H and O–H groups in total. The SMILES string of the molecule is CCN1CCCC1CNC(=NC)NCCCc1nc2ccccc2s1. The fourth-order valence-electron chi connectivity index (χ4n) is 3.45. The molecule has 3 rings (SSSR count). The summed E-state index contributed by atoms with van der Waals surface area (Å²) in [6.45, 7) is 6.51. The van der Waals surface area contributed by atoms with Crippen LogP contribution in [0.4, 0.5) is 0 Å². The van der Waals surface area contributed by atoms with Gasteiger partial charge in [-0.1, -0.05) is 19.1 Å². The third kappa shape index (κ3) is 4.92. The zero-order valence-electron chi connectivity index (χ0n) is 15.3. The molecular weight excluding hydrogens is 330 g/mol. The van der Waals surface area contributed by atoms with Crippen LogP contribution in [0.25, 0.3) is 10.2 Å². The molecule has 1 saturated heterocycles. The number of nitrogens with one attached hydrogen (secondary N) is 2. The number of hydrogen-bond acceptors (Lipinski definition) is 4. The van der Waals surface area contributed by atoms with E-state index in [2.05, 4.69) is 45.6 Å². The number of para-hydroxylation sites is 1. The molecule has 0 saturated carbocycles. The van der Waals surface area contributed by atoms with Crippen molar-refractivity contribution in [3.05, 3.63) is 29.3 Å². The van der Waals surface area contributed by atoms with Gasteiger partial charge in [-0.15, -0.1) is 11.3 Å². The Bertz CT molecular complexity index is 663. The van der Waals surface area contributed by atoms with E-state index in [1.165, 1.54) is 29.1 Å². The number of nitrogens with zero attached hydrogens (tertiary/aromatic N) is 3. The molecule has 1 unspecified atom stereocenters. The molecule has 1 aliphatic rings. The molecular formula is C19H29N5S. The normalized spacial score (nSPS) is 18.8. The second-order valence-electron chi connectivity index (χ2n) is 6.48. The third-order valence-electron chi connectivity index (χ3n) is 4.83. The van der Waals surface area contributed by atoms with Crippen molar-refractivity contribution in [2.45, 2.75) is 38.6 Å². The summed E-state index contributed by atoms with van der Waals surface area (Å²) < 4.78 is 1.28. The highest BCUT2D eigenvalue weighted by Gasteiger charge is 2.22. The van der Waals surface area contributed by atoms with E-state index in [1.807, 2.05) is 13.1 Å². The average Bonchev–Trinajstić information content (AvgIpc) is 3.26.